The van der Waals surface area contributed by atoms with E-state index >= 15 is 0 Å². The van der Waals surface area contributed by atoms with Crippen LogP contribution in [-0.2, 0) is 14.3 Å². The molecule has 1 heterocycles. The van der Waals surface area contributed by atoms with Gasteiger partial charge in [-0.1, -0.05) is 6.92 Å². The number of carbonyl (C=O) groups is 3. The predicted octanol–water partition coefficient (Wildman–Crippen LogP) is 0.943. The molecule has 0 aromatic heterocycles. The normalized spacial score (nSPS) is 19.5. The number of imide groups is 1. The molecule has 2 N–H and O–H groups in total. The lowest BCUT2D eigenvalue weighted by Crippen LogP contribution is -2.58. The topological polar surface area (TPSA) is 87.7 Å². The van der Waals surface area contributed by atoms with E-state index in [4.69, 9.17) is 4.74 Å². The average molecular weight is 285 g/mol. The van der Waals surface area contributed by atoms with Crippen LogP contribution in [0.25, 0.3) is 0 Å². The van der Waals surface area contributed by atoms with Gasteiger partial charge in [0.1, 0.15) is 11.6 Å². The van der Waals surface area contributed by atoms with Crippen molar-refractivity contribution in [2.45, 2.75) is 58.6 Å². The van der Waals surface area contributed by atoms with E-state index in [0.717, 1.165) is 6.42 Å². The zero-order valence-electron chi connectivity index (χ0n) is 12.5. The lowest BCUT2D eigenvalue weighted by atomic mass is 10.1. The molecule has 0 aromatic carbocycles. The third-order valence-corrected chi connectivity index (χ3v) is 2.61. The molecule has 0 radical (unpaired) electrons. The molecule has 1 fully saturated rings. The first-order chi connectivity index (χ1) is 9.23. The molecule has 0 saturated carbocycles. The molecule has 1 saturated heterocycles. The molecule has 1 unspecified atom stereocenters. The molecule has 114 valence electrons. The van der Waals surface area contributed by atoms with Crippen molar-refractivity contribution in [3.63, 3.8) is 0 Å². The van der Waals surface area contributed by atoms with E-state index in [9.17, 15) is 14.4 Å². The standard InChI is InChI=1S/C13H23N3O4/c1-5-8-16(12(19)20-13(2,3)4)15-9-6-7-10(17)14-11(9)18/h9,15H,5-8H2,1-4H3,(H,14,17,18). The first-order valence-electron chi connectivity index (χ1n) is 6.83. The van der Waals surface area contributed by atoms with Crippen LogP contribution in [0.15, 0.2) is 0 Å². The molecule has 1 atom stereocenters. The van der Waals surface area contributed by atoms with Crippen molar-refractivity contribution < 1.29 is 19.1 Å². The van der Waals surface area contributed by atoms with Crippen molar-refractivity contribution in [3.8, 4) is 0 Å². The molecule has 3 amide bonds. The summed E-state index contributed by atoms with van der Waals surface area (Å²) < 4.78 is 5.28. The Labute approximate surface area is 119 Å². The Morgan fingerprint density at radius 1 is 1.45 bits per heavy atom. The van der Waals surface area contributed by atoms with Crippen molar-refractivity contribution in [3.05, 3.63) is 0 Å². The number of amides is 3. The SMILES string of the molecule is CCCN(NC1CCC(=O)NC1=O)C(=O)OC(C)(C)C. The summed E-state index contributed by atoms with van der Waals surface area (Å²) in [6, 6.07) is -0.591. The summed E-state index contributed by atoms with van der Waals surface area (Å²) in [6.07, 6.45) is 0.828. The molecule has 0 spiro atoms. The van der Waals surface area contributed by atoms with Gasteiger partial charge in [-0.2, -0.15) is 0 Å². The van der Waals surface area contributed by atoms with Gasteiger partial charge in [0.15, 0.2) is 0 Å². The van der Waals surface area contributed by atoms with Gasteiger partial charge >= 0.3 is 6.09 Å². The molecule has 0 aliphatic carbocycles. The van der Waals surface area contributed by atoms with Crippen LogP contribution < -0.4 is 10.7 Å². The highest BCUT2D eigenvalue weighted by atomic mass is 16.6. The monoisotopic (exact) mass is 285 g/mol. The Bertz CT molecular complexity index is 390. The van der Waals surface area contributed by atoms with Crippen LogP contribution >= 0.6 is 0 Å². The van der Waals surface area contributed by atoms with Gasteiger partial charge < -0.3 is 4.74 Å². The van der Waals surface area contributed by atoms with Gasteiger partial charge in [-0.15, -0.1) is 0 Å². The number of nitrogens with one attached hydrogen (secondary N) is 2. The van der Waals surface area contributed by atoms with Crippen LogP contribution in [0.5, 0.6) is 0 Å². The van der Waals surface area contributed by atoms with E-state index in [1.165, 1.54) is 5.01 Å². The zero-order valence-corrected chi connectivity index (χ0v) is 12.5. The summed E-state index contributed by atoms with van der Waals surface area (Å²) in [6.45, 7) is 7.68. The number of hydrazine groups is 1. The number of ether oxygens (including phenoxy) is 1. The Morgan fingerprint density at radius 2 is 2.10 bits per heavy atom. The molecule has 0 aromatic rings. The van der Waals surface area contributed by atoms with Gasteiger partial charge in [0.25, 0.3) is 0 Å². The van der Waals surface area contributed by atoms with Crippen molar-refractivity contribution in [1.29, 1.82) is 0 Å². The Kier molecular flexibility index (Phi) is 5.50. The maximum absolute atomic E-state index is 12.0. The predicted molar refractivity (Wildman–Crippen MR) is 72.5 cm³/mol. The zero-order chi connectivity index (χ0) is 15.3. The van der Waals surface area contributed by atoms with E-state index in [1.807, 2.05) is 6.92 Å². The summed E-state index contributed by atoms with van der Waals surface area (Å²) in [7, 11) is 0. The van der Waals surface area contributed by atoms with Crippen LogP contribution in [0.1, 0.15) is 47.0 Å². The van der Waals surface area contributed by atoms with Crippen molar-refractivity contribution in [2.75, 3.05) is 6.54 Å². The third kappa shape index (κ3) is 5.16. The fourth-order valence-electron chi connectivity index (χ4n) is 1.75. The maximum atomic E-state index is 12.0. The van der Waals surface area contributed by atoms with E-state index in [1.54, 1.807) is 20.8 Å². The Balaban J connectivity index is 2.64. The van der Waals surface area contributed by atoms with Crippen LogP contribution in [0.3, 0.4) is 0 Å². The number of hydrogen-bond donors (Lipinski definition) is 2. The summed E-state index contributed by atoms with van der Waals surface area (Å²) in [5, 5.41) is 3.54. The van der Waals surface area contributed by atoms with Gasteiger partial charge in [0.05, 0.1) is 0 Å². The smallest absolute Gasteiger partial charge is 0.424 e. The Hall–Kier alpha value is -1.63. The van der Waals surface area contributed by atoms with E-state index < -0.39 is 23.6 Å². The number of rotatable bonds is 4. The second-order valence-corrected chi connectivity index (χ2v) is 5.76. The van der Waals surface area contributed by atoms with Gasteiger partial charge in [0.2, 0.25) is 11.8 Å². The van der Waals surface area contributed by atoms with E-state index in [2.05, 4.69) is 10.7 Å². The van der Waals surface area contributed by atoms with Crippen molar-refractivity contribution in [1.82, 2.24) is 15.8 Å². The summed E-state index contributed by atoms with van der Waals surface area (Å²) in [5.41, 5.74) is 2.24. The molecule has 7 nitrogen and oxygen atoms in total. The van der Waals surface area contributed by atoms with Crippen molar-refractivity contribution >= 4 is 17.9 Å². The minimum Gasteiger partial charge on any atom is -0.443 e. The fourth-order valence-corrected chi connectivity index (χ4v) is 1.75. The lowest BCUT2D eigenvalue weighted by Gasteiger charge is -2.31. The van der Waals surface area contributed by atoms with Crippen LogP contribution in [0, 0.1) is 0 Å². The van der Waals surface area contributed by atoms with Gasteiger partial charge in [0, 0.05) is 13.0 Å². The molecular formula is C13H23N3O4. The second kappa shape index (κ2) is 6.69. The molecule has 0 bridgehead atoms. The second-order valence-electron chi connectivity index (χ2n) is 5.76. The fraction of sp³-hybridized carbons (Fsp3) is 0.769. The van der Waals surface area contributed by atoms with Crippen molar-refractivity contribution in [2.24, 2.45) is 0 Å². The van der Waals surface area contributed by atoms with Gasteiger partial charge in [-0.05, 0) is 33.6 Å². The highest BCUT2D eigenvalue weighted by molar-refractivity contribution is 6.00. The number of piperidine rings is 1. The van der Waals surface area contributed by atoms with Crippen LogP contribution in [0.2, 0.25) is 0 Å². The first kappa shape index (κ1) is 16.4. The van der Waals surface area contributed by atoms with Crippen LogP contribution in [0.4, 0.5) is 4.79 Å². The quantitative estimate of drug-likeness (QED) is 0.593. The number of carbonyl (C=O) groups excluding carboxylic acids is 3. The molecular weight excluding hydrogens is 262 g/mol. The first-order valence-corrected chi connectivity index (χ1v) is 6.83. The minimum atomic E-state index is -0.602. The number of nitrogens with zero attached hydrogens (tertiary/aromatic N) is 1. The van der Waals surface area contributed by atoms with E-state index in [-0.39, 0.29) is 12.3 Å². The van der Waals surface area contributed by atoms with Crippen LogP contribution in [-0.4, -0.2) is 41.1 Å². The molecule has 1 rings (SSSR count). The van der Waals surface area contributed by atoms with E-state index in [0.29, 0.717) is 13.0 Å². The largest absolute Gasteiger partial charge is 0.443 e. The molecule has 20 heavy (non-hydrogen) atoms. The Morgan fingerprint density at radius 3 is 2.60 bits per heavy atom. The molecule has 1 aliphatic heterocycles. The summed E-state index contributed by atoms with van der Waals surface area (Å²) in [4.78, 5) is 34.8. The highest BCUT2D eigenvalue weighted by Gasteiger charge is 2.30. The number of hydrogen-bond acceptors (Lipinski definition) is 5. The van der Waals surface area contributed by atoms with Gasteiger partial charge in [-0.25, -0.2) is 15.2 Å². The maximum Gasteiger partial charge on any atom is 0.424 e. The molecule has 1 aliphatic rings. The lowest BCUT2D eigenvalue weighted by molar-refractivity contribution is -0.135. The summed E-state index contributed by atoms with van der Waals surface area (Å²) in [5.74, 6) is -0.696. The third-order valence-electron chi connectivity index (χ3n) is 2.61. The van der Waals surface area contributed by atoms with Gasteiger partial charge in [-0.3, -0.25) is 14.9 Å². The highest BCUT2D eigenvalue weighted by Crippen LogP contribution is 2.11. The summed E-state index contributed by atoms with van der Waals surface area (Å²) >= 11 is 0. The molecule has 7 heteroatoms. The minimum absolute atomic E-state index is 0.262. The average Bonchev–Trinajstić information content (AvgIpc) is 2.29.